The van der Waals surface area contributed by atoms with Crippen LogP contribution >= 0.6 is 0 Å². The molecule has 1 unspecified atom stereocenters. The van der Waals surface area contributed by atoms with Gasteiger partial charge in [0.05, 0.1) is 33.9 Å². The Morgan fingerprint density at radius 1 is 0.933 bits per heavy atom. The minimum atomic E-state index is -0.482. The Morgan fingerprint density at radius 2 is 1.47 bits per heavy atom. The summed E-state index contributed by atoms with van der Waals surface area (Å²) in [4.78, 5) is 1.49. The molecule has 0 spiro atoms. The van der Waals surface area contributed by atoms with Gasteiger partial charge in [-0.15, -0.1) is 0 Å². The number of aliphatic hydroxyl groups is 1. The number of hydrogen-bond donors (Lipinski definition) is 2. The summed E-state index contributed by atoms with van der Waals surface area (Å²) in [5, 5.41) is 10.7. The van der Waals surface area contributed by atoms with Crippen LogP contribution in [-0.4, -0.2) is 51.7 Å². The van der Waals surface area contributed by atoms with Gasteiger partial charge < -0.3 is 24.2 Å². The van der Waals surface area contributed by atoms with Gasteiger partial charge in [-0.25, -0.2) is 0 Å². The summed E-state index contributed by atoms with van der Waals surface area (Å²) in [7, 11) is 3.32. The molecule has 5 heteroatoms. The summed E-state index contributed by atoms with van der Waals surface area (Å²) in [6.07, 6.45) is 3.09. The predicted octanol–water partition coefficient (Wildman–Crippen LogP) is 2.88. The average molecular weight is 415 g/mol. The molecule has 164 valence electrons. The molecule has 0 heterocycles. The van der Waals surface area contributed by atoms with E-state index in [1.54, 1.807) is 14.2 Å². The first kappa shape index (κ1) is 22.6. The fourth-order valence-electron chi connectivity index (χ4n) is 3.91. The molecule has 2 atom stereocenters. The third-order valence-electron chi connectivity index (χ3n) is 5.69. The molecule has 0 radical (unpaired) electrons. The molecule has 0 bridgehead atoms. The molecule has 30 heavy (non-hydrogen) atoms. The molecule has 2 aromatic carbocycles. The standard InChI is InChI=1S/C25H35NO4/c1-4-15-26(16-19-5-6-19)17-22(27)18-30-25(20-7-11-23(28-2)12-8-20)21-9-13-24(29-3)14-10-21/h7-14,19,22,25,27H,4-6,15-18H2,1-3H3/p+1/t22-/m1/s1. The van der Waals surface area contributed by atoms with Crippen molar-refractivity contribution < 1.29 is 24.2 Å². The predicted molar refractivity (Wildman–Crippen MR) is 118 cm³/mol. The highest BCUT2D eigenvalue weighted by Crippen LogP contribution is 2.29. The lowest BCUT2D eigenvalue weighted by molar-refractivity contribution is -0.905. The van der Waals surface area contributed by atoms with Crippen molar-refractivity contribution in [3.63, 3.8) is 0 Å². The number of hydrogen-bond acceptors (Lipinski definition) is 4. The van der Waals surface area contributed by atoms with Gasteiger partial charge in [-0.1, -0.05) is 31.2 Å². The molecule has 0 amide bonds. The molecule has 0 aromatic heterocycles. The molecule has 0 saturated heterocycles. The van der Waals surface area contributed by atoms with E-state index in [9.17, 15) is 5.11 Å². The van der Waals surface area contributed by atoms with Gasteiger partial charge in [0, 0.05) is 5.92 Å². The van der Waals surface area contributed by atoms with E-state index in [1.165, 1.54) is 24.3 Å². The number of methoxy groups -OCH3 is 2. The number of nitrogens with one attached hydrogen (secondary N) is 1. The first-order valence-corrected chi connectivity index (χ1v) is 11.0. The fourth-order valence-corrected chi connectivity index (χ4v) is 3.91. The second-order valence-corrected chi connectivity index (χ2v) is 8.27. The third-order valence-corrected chi connectivity index (χ3v) is 5.69. The Labute approximate surface area is 180 Å². The monoisotopic (exact) mass is 414 g/mol. The van der Waals surface area contributed by atoms with E-state index in [2.05, 4.69) is 6.92 Å². The summed E-state index contributed by atoms with van der Waals surface area (Å²) >= 11 is 0. The van der Waals surface area contributed by atoms with Gasteiger partial charge in [-0.05, 0) is 54.7 Å². The number of benzene rings is 2. The minimum absolute atomic E-state index is 0.255. The Balaban J connectivity index is 1.67. The summed E-state index contributed by atoms with van der Waals surface area (Å²) < 4.78 is 16.9. The minimum Gasteiger partial charge on any atom is -0.497 e. The first-order chi connectivity index (χ1) is 14.6. The van der Waals surface area contributed by atoms with Crippen LogP contribution in [0.4, 0.5) is 0 Å². The van der Waals surface area contributed by atoms with E-state index >= 15 is 0 Å². The zero-order valence-corrected chi connectivity index (χ0v) is 18.5. The van der Waals surface area contributed by atoms with E-state index in [1.807, 2.05) is 48.5 Å². The van der Waals surface area contributed by atoms with Crippen LogP contribution in [0, 0.1) is 5.92 Å². The van der Waals surface area contributed by atoms with Gasteiger partial charge >= 0.3 is 0 Å². The first-order valence-electron chi connectivity index (χ1n) is 11.0. The normalized spacial score (nSPS) is 15.8. The quantitative estimate of drug-likeness (QED) is 0.529. The maximum atomic E-state index is 10.7. The van der Waals surface area contributed by atoms with Crippen LogP contribution in [0.3, 0.4) is 0 Å². The van der Waals surface area contributed by atoms with Gasteiger partial charge in [0.25, 0.3) is 0 Å². The van der Waals surface area contributed by atoms with Gasteiger partial charge in [0.2, 0.25) is 0 Å². The maximum Gasteiger partial charge on any atom is 0.126 e. The molecule has 1 fully saturated rings. The lowest BCUT2D eigenvalue weighted by Crippen LogP contribution is -3.13. The van der Waals surface area contributed by atoms with Crippen LogP contribution in [0.5, 0.6) is 11.5 Å². The van der Waals surface area contributed by atoms with Crippen molar-refractivity contribution in [1.29, 1.82) is 0 Å². The lowest BCUT2D eigenvalue weighted by atomic mass is 10.0. The van der Waals surface area contributed by atoms with Crippen LogP contribution in [0.25, 0.3) is 0 Å². The van der Waals surface area contributed by atoms with E-state index in [-0.39, 0.29) is 6.10 Å². The van der Waals surface area contributed by atoms with Crippen LogP contribution in [-0.2, 0) is 4.74 Å². The topological polar surface area (TPSA) is 52.4 Å². The number of rotatable bonds is 13. The summed E-state index contributed by atoms with van der Waals surface area (Å²) in [5.74, 6) is 2.48. The summed E-state index contributed by atoms with van der Waals surface area (Å²) in [6, 6.07) is 15.8. The highest BCUT2D eigenvalue weighted by molar-refractivity contribution is 5.36. The van der Waals surface area contributed by atoms with Crippen LogP contribution in [0.15, 0.2) is 48.5 Å². The van der Waals surface area contributed by atoms with Crippen molar-refractivity contribution in [2.24, 2.45) is 5.92 Å². The molecule has 1 aliphatic carbocycles. The molecular formula is C25H36NO4+. The highest BCUT2D eigenvalue weighted by Gasteiger charge is 2.28. The Hall–Kier alpha value is -2.08. The van der Waals surface area contributed by atoms with Gasteiger partial charge in [-0.3, -0.25) is 0 Å². The molecular weight excluding hydrogens is 378 g/mol. The van der Waals surface area contributed by atoms with Crippen molar-refractivity contribution in [1.82, 2.24) is 0 Å². The second kappa shape index (κ2) is 11.3. The average Bonchev–Trinajstić information content (AvgIpc) is 3.59. The molecule has 2 N–H and O–H groups in total. The summed E-state index contributed by atoms with van der Waals surface area (Å²) in [6.45, 7) is 5.53. The third kappa shape index (κ3) is 6.73. The Morgan fingerprint density at radius 3 is 1.90 bits per heavy atom. The highest BCUT2D eigenvalue weighted by atomic mass is 16.5. The zero-order valence-electron chi connectivity index (χ0n) is 18.5. The van der Waals surface area contributed by atoms with E-state index in [4.69, 9.17) is 14.2 Å². The molecule has 1 aliphatic rings. The Kier molecular flexibility index (Phi) is 8.55. The van der Waals surface area contributed by atoms with Gasteiger partial charge in [-0.2, -0.15) is 0 Å². The van der Waals surface area contributed by atoms with Gasteiger partial charge in [0.15, 0.2) is 0 Å². The molecule has 5 nitrogen and oxygen atoms in total. The molecule has 0 aliphatic heterocycles. The molecule has 3 rings (SSSR count). The summed E-state index contributed by atoms with van der Waals surface area (Å²) in [5.41, 5.74) is 2.06. The SMILES string of the molecule is CCC[NH+](CC1CC1)C[C@@H](O)COC(c1ccc(OC)cc1)c1ccc(OC)cc1. The number of aliphatic hydroxyl groups excluding tert-OH is 1. The fraction of sp³-hybridized carbons (Fsp3) is 0.520. The largest absolute Gasteiger partial charge is 0.497 e. The number of ether oxygens (including phenoxy) is 3. The van der Waals surface area contributed by atoms with Crippen LogP contribution in [0.1, 0.15) is 43.4 Å². The van der Waals surface area contributed by atoms with Crippen LogP contribution in [0.2, 0.25) is 0 Å². The van der Waals surface area contributed by atoms with Crippen molar-refractivity contribution >= 4 is 0 Å². The smallest absolute Gasteiger partial charge is 0.126 e. The van der Waals surface area contributed by atoms with Crippen molar-refractivity contribution in [3.8, 4) is 11.5 Å². The second-order valence-electron chi connectivity index (χ2n) is 8.27. The lowest BCUT2D eigenvalue weighted by Gasteiger charge is -2.24. The van der Waals surface area contributed by atoms with E-state index < -0.39 is 6.10 Å². The maximum absolute atomic E-state index is 10.7. The Bertz CT molecular complexity index is 695. The number of quaternary nitrogens is 1. The van der Waals surface area contributed by atoms with Crippen molar-refractivity contribution in [2.45, 2.75) is 38.4 Å². The zero-order chi connectivity index (χ0) is 21.3. The van der Waals surface area contributed by atoms with Gasteiger partial charge in [0.1, 0.15) is 30.3 Å². The van der Waals surface area contributed by atoms with Crippen molar-refractivity contribution in [2.75, 3.05) is 40.5 Å². The molecule has 1 saturated carbocycles. The van der Waals surface area contributed by atoms with Crippen LogP contribution < -0.4 is 14.4 Å². The molecule has 2 aromatic rings. The van der Waals surface area contributed by atoms with E-state index in [0.717, 1.165) is 48.1 Å². The van der Waals surface area contributed by atoms with E-state index in [0.29, 0.717) is 6.61 Å². The van der Waals surface area contributed by atoms with Crippen molar-refractivity contribution in [3.05, 3.63) is 59.7 Å².